The van der Waals surface area contributed by atoms with Crippen molar-refractivity contribution in [1.29, 1.82) is 0 Å². The zero-order valence-corrected chi connectivity index (χ0v) is 14.5. The molecule has 2 amide bonds. The molecule has 1 unspecified atom stereocenters. The lowest BCUT2D eigenvalue weighted by molar-refractivity contribution is -0.122. The van der Waals surface area contributed by atoms with Crippen LogP contribution in [0.4, 0.5) is 11.4 Å². The van der Waals surface area contributed by atoms with E-state index in [1.807, 2.05) is 48.5 Å². The van der Waals surface area contributed by atoms with E-state index in [0.717, 1.165) is 12.1 Å². The zero-order chi connectivity index (χ0) is 17.8. The Morgan fingerprint density at radius 3 is 2.60 bits per heavy atom. The highest BCUT2D eigenvalue weighted by molar-refractivity contribution is 6.04. The summed E-state index contributed by atoms with van der Waals surface area (Å²) in [6.07, 6.45) is 1.16. The van der Waals surface area contributed by atoms with Crippen molar-refractivity contribution >= 4 is 23.2 Å². The van der Waals surface area contributed by atoms with Crippen molar-refractivity contribution in [3.8, 4) is 5.75 Å². The molecular weight excluding hydrogens is 316 g/mol. The van der Waals surface area contributed by atoms with Crippen LogP contribution in [0.15, 0.2) is 48.5 Å². The van der Waals surface area contributed by atoms with Crippen molar-refractivity contribution in [3.63, 3.8) is 0 Å². The molecule has 0 aliphatic carbocycles. The van der Waals surface area contributed by atoms with E-state index < -0.39 is 0 Å². The number of benzene rings is 2. The minimum absolute atomic E-state index is 0.0639. The summed E-state index contributed by atoms with van der Waals surface area (Å²) in [4.78, 5) is 26.5. The van der Waals surface area contributed by atoms with Gasteiger partial charge in [0.25, 0.3) is 0 Å². The van der Waals surface area contributed by atoms with Gasteiger partial charge in [0.2, 0.25) is 11.8 Å². The Kier molecular flexibility index (Phi) is 5.03. The maximum absolute atomic E-state index is 12.5. The molecule has 2 aromatic carbocycles. The number of hydrogen-bond acceptors (Lipinski definition) is 3. The fourth-order valence-corrected chi connectivity index (χ4v) is 3.04. The number of rotatable bonds is 5. The molecule has 0 spiro atoms. The van der Waals surface area contributed by atoms with E-state index in [1.165, 1.54) is 5.56 Å². The highest BCUT2D eigenvalue weighted by atomic mass is 16.5. The monoisotopic (exact) mass is 338 g/mol. The van der Waals surface area contributed by atoms with Crippen molar-refractivity contribution < 1.29 is 14.3 Å². The summed E-state index contributed by atoms with van der Waals surface area (Å²) in [7, 11) is 1.57. The molecule has 0 bridgehead atoms. The van der Waals surface area contributed by atoms with Gasteiger partial charge < -0.3 is 15.0 Å². The minimum Gasteiger partial charge on any atom is -0.495 e. The van der Waals surface area contributed by atoms with Crippen molar-refractivity contribution in [3.05, 3.63) is 54.1 Å². The van der Waals surface area contributed by atoms with Crippen LogP contribution in [-0.4, -0.2) is 25.5 Å². The highest BCUT2D eigenvalue weighted by Crippen LogP contribution is 2.33. The Labute approximate surface area is 147 Å². The second kappa shape index (κ2) is 7.38. The number of methoxy groups -OCH3 is 1. The third-order valence-electron chi connectivity index (χ3n) is 4.50. The van der Waals surface area contributed by atoms with Crippen molar-refractivity contribution in [2.45, 2.75) is 19.8 Å². The molecular formula is C20H22N2O3. The molecule has 0 radical (unpaired) electrons. The Hall–Kier alpha value is -2.82. The lowest BCUT2D eigenvalue weighted by Gasteiger charge is -2.19. The maximum Gasteiger partial charge on any atom is 0.229 e. The van der Waals surface area contributed by atoms with E-state index >= 15 is 0 Å². The number of amides is 2. The van der Waals surface area contributed by atoms with Gasteiger partial charge in [0.15, 0.2) is 0 Å². The summed E-state index contributed by atoms with van der Waals surface area (Å²) >= 11 is 0. The molecule has 1 aliphatic rings. The number of para-hydroxylation sites is 2. The van der Waals surface area contributed by atoms with Gasteiger partial charge in [0, 0.05) is 18.7 Å². The van der Waals surface area contributed by atoms with Gasteiger partial charge >= 0.3 is 0 Å². The van der Waals surface area contributed by atoms with Crippen LogP contribution in [0.2, 0.25) is 0 Å². The van der Waals surface area contributed by atoms with Gasteiger partial charge in [-0.2, -0.15) is 0 Å². The lowest BCUT2D eigenvalue weighted by Crippen LogP contribution is -2.28. The second-order valence-corrected chi connectivity index (χ2v) is 6.12. The Bertz CT molecular complexity index is 771. The number of carbonyl (C=O) groups is 2. The number of nitrogens with zero attached hydrogens (tertiary/aromatic N) is 1. The zero-order valence-electron chi connectivity index (χ0n) is 14.5. The largest absolute Gasteiger partial charge is 0.495 e. The van der Waals surface area contributed by atoms with Gasteiger partial charge in [0.1, 0.15) is 5.75 Å². The molecule has 2 aromatic rings. The molecule has 1 aliphatic heterocycles. The maximum atomic E-state index is 12.5. The first-order valence-electron chi connectivity index (χ1n) is 8.45. The van der Waals surface area contributed by atoms with Crippen LogP contribution < -0.4 is 15.0 Å². The quantitative estimate of drug-likeness (QED) is 0.910. The van der Waals surface area contributed by atoms with E-state index in [0.29, 0.717) is 18.0 Å². The Balaban J connectivity index is 1.70. The molecule has 3 rings (SSSR count). The van der Waals surface area contributed by atoms with Gasteiger partial charge in [-0.25, -0.2) is 0 Å². The number of anilines is 2. The molecule has 1 fully saturated rings. The predicted molar refractivity (Wildman–Crippen MR) is 97.9 cm³/mol. The minimum atomic E-state index is -0.372. The molecule has 0 aromatic heterocycles. The number of hydrogen-bond donors (Lipinski definition) is 1. The normalized spacial score (nSPS) is 16.8. The van der Waals surface area contributed by atoms with Crippen LogP contribution in [0, 0.1) is 5.92 Å². The summed E-state index contributed by atoms with van der Waals surface area (Å²) in [6, 6.07) is 15.1. The molecule has 1 heterocycles. The Morgan fingerprint density at radius 2 is 1.92 bits per heavy atom. The van der Waals surface area contributed by atoms with Gasteiger partial charge in [-0.15, -0.1) is 0 Å². The average Bonchev–Trinajstić information content (AvgIpc) is 3.04. The lowest BCUT2D eigenvalue weighted by atomic mass is 10.1. The first-order valence-corrected chi connectivity index (χ1v) is 8.45. The third kappa shape index (κ3) is 3.65. The average molecular weight is 338 g/mol. The standard InChI is InChI=1S/C20H22N2O3/c1-3-14-8-10-16(11-9-14)21-20(24)15-12-19(23)22(13-15)17-6-4-5-7-18(17)25-2/h4-11,15H,3,12-13H2,1-2H3,(H,21,24). The van der Waals surface area contributed by atoms with Crippen LogP contribution in [-0.2, 0) is 16.0 Å². The first-order chi connectivity index (χ1) is 12.1. The summed E-state index contributed by atoms with van der Waals surface area (Å²) in [5.74, 6) is 0.0660. The van der Waals surface area contributed by atoms with E-state index in [9.17, 15) is 9.59 Å². The van der Waals surface area contributed by atoms with Crippen molar-refractivity contribution in [2.24, 2.45) is 5.92 Å². The van der Waals surface area contributed by atoms with Gasteiger partial charge in [-0.05, 0) is 36.2 Å². The number of aryl methyl sites for hydroxylation is 1. The Morgan fingerprint density at radius 1 is 1.20 bits per heavy atom. The van der Waals surface area contributed by atoms with E-state index in [4.69, 9.17) is 4.74 Å². The highest BCUT2D eigenvalue weighted by Gasteiger charge is 2.36. The van der Waals surface area contributed by atoms with Crippen LogP contribution in [0.25, 0.3) is 0 Å². The van der Waals surface area contributed by atoms with Crippen molar-refractivity contribution in [2.75, 3.05) is 23.9 Å². The molecule has 1 N–H and O–H groups in total. The molecule has 5 heteroatoms. The number of nitrogens with one attached hydrogen (secondary N) is 1. The smallest absolute Gasteiger partial charge is 0.229 e. The second-order valence-electron chi connectivity index (χ2n) is 6.12. The molecule has 25 heavy (non-hydrogen) atoms. The third-order valence-corrected chi connectivity index (χ3v) is 4.50. The van der Waals surface area contributed by atoms with Crippen LogP contribution in [0.3, 0.4) is 0 Å². The van der Waals surface area contributed by atoms with Crippen LogP contribution in [0.1, 0.15) is 18.9 Å². The van der Waals surface area contributed by atoms with Crippen LogP contribution in [0.5, 0.6) is 5.75 Å². The van der Waals surface area contributed by atoms with Gasteiger partial charge in [-0.3, -0.25) is 9.59 Å². The predicted octanol–water partition coefficient (Wildman–Crippen LogP) is 3.25. The summed E-state index contributed by atoms with van der Waals surface area (Å²) in [6.45, 7) is 2.45. The summed E-state index contributed by atoms with van der Waals surface area (Å²) in [5, 5.41) is 2.91. The summed E-state index contributed by atoms with van der Waals surface area (Å²) < 4.78 is 5.32. The molecule has 0 saturated carbocycles. The van der Waals surface area contributed by atoms with E-state index in [2.05, 4.69) is 12.2 Å². The van der Waals surface area contributed by atoms with Gasteiger partial charge in [-0.1, -0.05) is 31.2 Å². The molecule has 1 saturated heterocycles. The fraction of sp³-hybridized carbons (Fsp3) is 0.300. The molecule has 130 valence electrons. The van der Waals surface area contributed by atoms with E-state index in [-0.39, 0.29) is 24.2 Å². The van der Waals surface area contributed by atoms with Crippen LogP contribution >= 0.6 is 0 Å². The first kappa shape index (κ1) is 17.0. The van der Waals surface area contributed by atoms with Crippen molar-refractivity contribution in [1.82, 2.24) is 0 Å². The number of carbonyl (C=O) groups excluding carboxylic acids is 2. The van der Waals surface area contributed by atoms with E-state index in [1.54, 1.807) is 12.0 Å². The summed E-state index contributed by atoms with van der Waals surface area (Å²) in [5.41, 5.74) is 2.68. The van der Waals surface area contributed by atoms with Gasteiger partial charge in [0.05, 0.1) is 18.7 Å². The molecule has 1 atom stereocenters. The molecule has 5 nitrogen and oxygen atoms in total. The fourth-order valence-electron chi connectivity index (χ4n) is 3.04. The topological polar surface area (TPSA) is 58.6 Å². The number of ether oxygens (including phenoxy) is 1. The SMILES string of the molecule is CCc1ccc(NC(=O)C2CC(=O)N(c3ccccc3OC)C2)cc1.